The quantitative estimate of drug-likeness (QED) is 0.169. The first kappa shape index (κ1) is 27.9. The number of methoxy groups -OCH3 is 1. The second-order valence-corrected chi connectivity index (χ2v) is 10.2. The van der Waals surface area contributed by atoms with Crippen molar-refractivity contribution in [2.24, 2.45) is 0 Å². The summed E-state index contributed by atoms with van der Waals surface area (Å²) in [5, 5.41) is 4.61. The third-order valence-electron chi connectivity index (χ3n) is 7.07. The number of benzene rings is 1. The van der Waals surface area contributed by atoms with Gasteiger partial charge in [-0.05, 0) is 49.4 Å². The van der Waals surface area contributed by atoms with E-state index >= 15 is 0 Å². The first-order valence-corrected chi connectivity index (χ1v) is 14.3. The van der Waals surface area contributed by atoms with Gasteiger partial charge in [0.05, 0.1) is 13.8 Å². The Labute approximate surface area is 217 Å². The highest BCUT2D eigenvalue weighted by Gasteiger charge is 2.18. The molecular formula is C28H46N4O2S. The highest BCUT2D eigenvalue weighted by atomic mass is 32.1. The summed E-state index contributed by atoms with van der Waals surface area (Å²) in [5.41, 5.74) is 0.905. The molecule has 0 bridgehead atoms. The number of unbranched alkanes of at least 4 members (excludes halogenated alkanes) is 11. The molecule has 2 aromatic rings. The average molecular weight is 503 g/mol. The Balaban J connectivity index is 1.24. The molecule has 1 aromatic heterocycles. The molecule has 1 saturated heterocycles. The molecule has 0 radical (unpaired) electrons. The molecule has 7 heteroatoms. The lowest BCUT2D eigenvalue weighted by Gasteiger charge is -2.34. The van der Waals surface area contributed by atoms with E-state index in [-0.39, 0.29) is 0 Å². The van der Waals surface area contributed by atoms with E-state index in [2.05, 4.69) is 21.8 Å². The Morgan fingerprint density at radius 1 is 0.800 bits per heavy atom. The summed E-state index contributed by atoms with van der Waals surface area (Å²) in [5.74, 6) is 1.37. The van der Waals surface area contributed by atoms with Crippen LogP contribution in [0.1, 0.15) is 84.0 Å². The number of hydrogen-bond donors (Lipinski definition) is 0. The normalized spacial score (nSPS) is 15.0. The van der Waals surface area contributed by atoms with Crippen molar-refractivity contribution in [1.29, 1.82) is 0 Å². The van der Waals surface area contributed by atoms with Crippen LogP contribution in [0.2, 0.25) is 0 Å². The molecule has 0 atom stereocenters. The van der Waals surface area contributed by atoms with Gasteiger partial charge in [0.2, 0.25) is 5.89 Å². The maximum absolute atomic E-state index is 5.75. The zero-order valence-electron chi connectivity index (χ0n) is 22.1. The molecule has 0 spiro atoms. The molecule has 1 aliphatic heterocycles. The van der Waals surface area contributed by atoms with Crippen LogP contribution in [-0.2, 0) is 6.67 Å². The van der Waals surface area contributed by atoms with Crippen molar-refractivity contribution in [3.8, 4) is 17.2 Å². The molecule has 1 aromatic carbocycles. The Bertz CT molecular complexity index is 872. The summed E-state index contributed by atoms with van der Waals surface area (Å²) < 4.78 is 12.8. The number of hydrogen-bond acceptors (Lipinski definition) is 6. The van der Waals surface area contributed by atoms with Crippen molar-refractivity contribution in [3.05, 3.63) is 29.1 Å². The minimum atomic E-state index is 0.426. The van der Waals surface area contributed by atoms with Crippen molar-refractivity contribution in [2.45, 2.75) is 90.6 Å². The van der Waals surface area contributed by atoms with E-state index in [1.165, 1.54) is 83.6 Å². The summed E-state index contributed by atoms with van der Waals surface area (Å²) in [7, 11) is 1.66. The number of aromatic nitrogens is 2. The molecule has 35 heavy (non-hydrogen) atoms. The fraction of sp³-hybridized carbons (Fsp3) is 0.714. The second-order valence-electron chi connectivity index (χ2n) is 9.89. The fourth-order valence-corrected chi connectivity index (χ4v) is 4.94. The van der Waals surface area contributed by atoms with Crippen molar-refractivity contribution in [1.82, 2.24) is 19.6 Å². The van der Waals surface area contributed by atoms with Crippen LogP contribution in [0.3, 0.4) is 0 Å². The summed E-state index contributed by atoms with van der Waals surface area (Å²) >= 11 is 5.42. The molecule has 0 amide bonds. The Kier molecular flexibility index (Phi) is 12.8. The number of nitrogens with zero attached hydrogens (tertiary/aromatic N) is 4. The molecular weight excluding hydrogens is 456 g/mol. The fourth-order valence-electron chi connectivity index (χ4n) is 4.77. The first-order chi connectivity index (χ1) is 17.2. The predicted octanol–water partition coefficient (Wildman–Crippen LogP) is 7.16. The topological polar surface area (TPSA) is 46.7 Å². The molecule has 6 nitrogen and oxygen atoms in total. The third kappa shape index (κ3) is 10.1. The minimum absolute atomic E-state index is 0.426. The van der Waals surface area contributed by atoms with E-state index in [4.69, 9.17) is 21.4 Å². The van der Waals surface area contributed by atoms with Gasteiger partial charge >= 0.3 is 0 Å². The zero-order valence-corrected chi connectivity index (χ0v) is 22.9. The average Bonchev–Trinajstić information content (AvgIpc) is 3.25. The van der Waals surface area contributed by atoms with Gasteiger partial charge in [-0.1, -0.05) is 77.6 Å². The SMILES string of the molecule is CCCCCCCCCCCCCCN1CCN(Cn2nc(-c3ccc(OC)cc3)oc2=S)CC1. The van der Waals surface area contributed by atoms with Crippen LogP contribution in [-0.4, -0.2) is 59.4 Å². The maximum atomic E-state index is 5.75. The first-order valence-electron chi connectivity index (χ1n) is 13.9. The lowest BCUT2D eigenvalue weighted by Crippen LogP contribution is -2.47. The van der Waals surface area contributed by atoms with Crippen LogP contribution in [0.15, 0.2) is 28.7 Å². The molecule has 0 unspecified atom stereocenters. The zero-order chi connectivity index (χ0) is 24.7. The van der Waals surface area contributed by atoms with Crippen molar-refractivity contribution in [2.75, 3.05) is 39.8 Å². The summed E-state index contributed by atoms with van der Waals surface area (Å²) in [6, 6.07) is 7.70. The van der Waals surface area contributed by atoms with E-state index in [0.29, 0.717) is 17.4 Å². The second kappa shape index (κ2) is 16.1. The Hall–Kier alpha value is -1.70. The maximum Gasteiger partial charge on any atom is 0.288 e. The van der Waals surface area contributed by atoms with Gasteiger partial charge in [-0.25, -0.2) is 4.68 Å². The van der Waals surface area contributed by atoms with E-state index in [0.717, 1.165) is 37.5 Å². The largest absolute Gasteiger partial charge is 0.497 e. The molecule has 1 fully saturated rings. The van der Waals surface area contributed by atoms with Gasteiger partial charge in [0, 0.05) is 31.7 Å². The third-order valence-corrected chi connectivity index (χ3v) is 7.36. The van der Waals surface area contributed by atoms with Crippen LogP contribution >= 0.6 is 12.2 Å². The summed E-state index contributed by atoms with van der Waals surface area (Å²) in [6.07, 6.45) is 16.9. The van der Waals surface area contributed by atoms with Gasteiger partial charge in [0.25, 0.3) is 4.84 Å². The predicted molar refractivity (Wildman–Crippen MR) is 146 cm³/mol. The van der Waals surface area contributed by atoms with E-state index in [1.807, 2.05) is 24.3 Å². The molecule has 0 aliphatic carbocycles. The molecule has 1 aliphatic rings. The van der Waals surface area contributed by atoms with E-state index in [1.54, 1.807) is 11.8 Å². The van der Waals surface area contributed by atoms with Crippen LogP contribution in [0.5, 0.6) is 5.75 Å². The van der Waals surface area contributed by atoms with Gasteiger partial charge in [-0.2, -0.15) is 0 Å². The van der Waals surface area contributed by atoms with Crippen LogP contribution in [0.25, 0.3) is 11.5 Å². The van der Waals surface area contributed by atoms with Crippen molar-refractivity contribution < 1.29 is 9.15 Å². The van der Waals surface area contributed by atoms with Crippen molar-refractivity contribution >= 4 is 12.2 Å². The summed E-state index contributed by atoms with van der Waals surface area (Å²) in [6.45, 7) is 8.54. The molecule has 0 saturated carbocycles. The van der Waals surface area contributed by atoms with Gasteiger partial charge < -0.3 is 14.1 Å². The number of piperazine rings is 1. The van der Waals surface area contributed by atoms with Gasteiger partial charge in [-0.15, -0.1) is 5.10 Å². The smallest absolute Gasteiger partial charge is 0.288 e. The van der Waals surface area contributed by atoms with Crippen LogP contribution < -0.4 is 4.74 Å². The highest BCUT2D eigenvalue weighted by Crippen LogP contribution is 2.21. The molecule has 0 N–H and O–H groups in total. The van der Waals surface area contributed by atoms with E-state index < -0.39 is 0 Å². The van der Waals surface area contributed by atoms with E-state index in [9.17, 15) is 0 Å². The monoisotopic (exact) mass is 502 g/mol. The highest BCUT2D eigenvalue weighted by molar-refractivity contribution is 7.71. The van der Waals surface area contributed by atoms with Gasteiger partial charge in [-0.3, -0.25) is 4.90 Å². The lowest BCUT2D eigenvalue weighted by atomic mass is 10.1. The Morgan fingerprint density at radius 2 is 1.34 bits per heavy atom. The molecule has 3 rings (SSSR count). The summed E-state index contributed by atoms with van der Waals surface area (Å²) in [4.78, 5) is 5.45. The number of ether oxygens (including phenoxy) is 1. The number of rotatable bonds is 17. The van der Waals surface area contributed by atoms with Crippen molar-refractivity contribution in [3.63, 3.8) is 0 Å². The van der Waals surface area contributed by atoms with Crippen LogP contribution in [0.4, 0.5) is 0 Å². The standard InChI is InChI=1S/C28H46N4O2S/c1-3-4-5-6-7-8-9-10-11-12-13-14-19-30-20-22-31(23-21-30)24-32-28(35)34-27(29-32)25-15-17-26(33-2)18-16-25/h15-18H,3-14,19-24H2,1-2H3. The molecule has 2 heterocycles. The molecule has 196 valence electrons. The van der Waals surface area contributed by atoms with Gasteiger partial charge in [0.1, 0.15) is 5.75 Å². The Morgan fingerprint density at radius 3 is 1.91 bits per heavy atom. The van der Waals surface area contributed by atoms with Crippen LogP contribution in [0, 0.1) is 4.84 Å². The minimum Gasteiger partial charge on any atom is -0.497 e. The van der Waals surface area contributed by atoms with Gasteiger partial charge in [0.15, 0.2) is 0 Å². The lowest BCUT2D eigenvalue weighted by molar-refractivity contribution is 0.100.